The number of nitro benzene ring substituents is 1. The summed E-state index contributed by atoms with van der Waals surface area (Å²) >= 11 is 5.23. The van der Waals surface area contributed by atoms with Gasteiger partial charge in [-0.05, 0) is 54.7 Å². The van der Waals surface area contributed by atoms with Crippen molar-refractivity contribution in [3.05, 3.63) is 76.3 Å². The average molecular weight is 478 g/mol. The van der Waals surface area contributed by atoms with E-state index in [2.05, 4.69) is 15.6 Å². The summed E-state index contributed by atoms with van der Waals surface area (Å²) in [7, 11) is 2.89. The number of rotatable bonds is 6. The molecule has 10 nitrogen and oxygen atoms in total. The summed E-state index contributed by atoms with van der Waals surface area (Å²) in [5, 5.41) is 16.6. The molecule has 1 amide bonds. The Morgan fingerprint density at radius 1 is 1.09 bits per heavy atom. The van der Waals surface area contributed by atoms with Crippen LogP contribution in [0.1, 0.15) is 10.4 Å². The van der Waals surface area contributed by atoms with Gasteiger partial charge in [0.25, 0.3) is 5.91 Å². The summed E-state index contributed by atoms with van der Waals surface area (Å²) < 4.78 is 16.0. The van der Waals surface area contributed by atoms with E-state index in [1.54, 1.807) is 43.5 Å². The third-order valence-corrected chi connectivity index (χ3v) is 5.03. The quantitative estimate of drug-likeness (QED) is 0.233. The maximum atomic E-state index is 12.5. The van der Waals surface area contributed by atoms with Crippen molar-refractivity contribution in [1.29, 1.82) is 0 Å². The average Bonchev–Trinajstić information content (AvgIpc) is 3.27. The van der Waals surface area contributed by atoms with Gasteiger partial charge in [-0.15, -0.1) is 0 Å². The maximum absolute atomic E-state index is 12.5. The zero-order valence-electron chi connectivity index (χ0n) is 18.0. The Morgan fingerprint density at radius 2 is 1.91 bits per heavy atom. The van der Waals surface area contributed by atoms with Gasteiger partial charge in [-0.3, -0.25) is 20.2 Å². The fraction of sp³-hybridized carbons (Fsp3) is 0.0870. The predicted molar refractivity (Wildman–Crippen MR) is 129 cm³/mol. The molecule has 34 heavy (non-hydrogen) atoms. The van der Waals surface area contributed by atoms with Gasteiger partial charge in [0.15, 0.2) is 16.4 Å². The van der Waals surface area contributed by atoms with Gasteiger partial charge in [-0.1, -0.05) is 6.07 Å². The van der Waals surface area contributed by atoms with Crippen LogP contribution in [-0.4, -0.2) is 35.1 Å². The van der Waals surface area contributed by atoms with Gasteiger partial charge in [-0.2, -0.15) is 0 Å². The zero-order valence-corrected chi connectivity index (χ0v) is 18.8. The highest BCUT2D eigenvalue weighted by molar-refractivity contribution is 7.80. The molecule has 0 bridgehead atoms. The first-order valence-corrected chi connectivity index (χ1v) is 10.3. The topological polar surface area (TPSA) is 129 Å². The van der Waals surface area contributed by atoms with Crippen molar-refractivity contribution < 1.29 is 23.6 Å². The number of nitrogens with zero attached hydrogens (tertiary/aromatic N) is 2. The number of aromatic nitrogens is 1. The molecule has 0 atom stereocenters. The standard InChI is InChI=1S/C23H18N4O6S/c1-31-16-7-9-19-17(12-16)25-22(33-19)14-4-3-5-15(10-14)24-23(34)26-21(28)13-6-8-20(32-2)18(11-13)27(29)30/h3-12H,1-2H3,(H2,24,26,28,34). The number of oxazole rings is 1. The Hall–Kier alpha value is -4.51. The minimum atomic E-state index is -0.625. The van der Waals surface area contributed by atoms with Crippen LogP contribution in [-0.2, 0) is 0 Å². The third kappa shape index (κ3) is 4.79. The van der Waals surface area contributed by atoms with Crippen LogP contribution in [0, 0.1) is 10.1 Å². The fourth-order valence-corrected chi connectivity index (χ4v) is 3.41. The van der Waals surface area contributed by atoms with Gasteiger partial charge in [0.1, 0.15) is 11.3 Å². The summed E-state index contributed by atoms with van der Waals surface area (Å²) in [6, 6.07) is 16.3. The van der Waals surface area contributed by atoms with E-state index >= 15 is 0 Å². The lowest BCUT2D eigenvalue weighted by Gasteiger charge is -2.10. The summed E-state index contributed by atoms with van der Waals surface area (Å²) in [6.07, 6.45) is 0. The van der Waals surface area contributed by atoms with Crippen molar-refractivity contribution in [3.8, 4) is 23.0 Å². The lowest BCUT2D eigenvalue weighted by molar-refractivity contribution is -0.385. The largest absolute Gasteiger partial charge is 0.497 e. The second kappa shape index (κ2) is 9.55. The van der Waals surface area contributed by atoms with Crippen LogP contribution in [0.25, 0.3) is 22.6 Å². The minimum Gasteiger partial charge on any atom is -0.497 e. The zero-order chi connectivity index (χ0) is 24.2. The molecule has 0 saturated carbocycles. The lowest BCUT2D eigenvalue weighted by Crippen LogP contribution is -2.34. The van der Waals surface area contributed by atoms with Crippen LogP contribution < -0.4 is 20.1 Å². The van der Waals surface area contributed by atoms with Gasteiger partial charge in [0.2, 0.25) is 5.89 Å². The molecule has 0 aliphatic carbocycles. The van der Waals surface area contributed by atoms with Gasteiger partial charge < -0.3 is 19.2 Å². The molecule has 0 spiro atoms. The van der Waals surface area contributed by atoms with Gasteiger partial charge in [0, 0.05) is 28.9 Å². The van der Waals surface area contributed by atoms with E-state index in [0.29, 0.717) is 34.0 Å². The number of fused-ring (bicyclic) bond motifs is 1. The molecule has 3 aromatic carbocycles. The first-order valence-electron chi connectivity index (χ1n) is 9.87. The van der Waals surface area contributed by atoms with E-state index in [0.717, 1.165) is 6.07 Å². The number of anilines is 1. The highest BCUT2D eigenvalue weighted by atomic mass is 32.1. The number of nitro groups is 1. The first-order chi connectivity index (χ1) is 16.4. The Kier molecular flexibility index (Phi) is 6.37. The Balaban J connectivity index is 1.48. The Morgan fingerprint density at radius 3 is 2.65 bits per heavy atom. The molecular weight excluding hydrogens is 460 g/mol. The Bertz CT molecular complexity index is 1420. The molecule has 1 heterocycles. The van der Waals surface area contributed by atoms with Crippen LogP contribution in [0.15, 0.2) is 65.1 Å². The lowest BCUT2D eigenvalue weighted by atomic mass is 10.1. The van der Waals surface area contributed by atoms with Gasteiger partial charge in [-0.25, -0.2) is 4.98 Å². The van der Waals surface area contributed by atoms with Crippen LogP contribution in [0.4, 0.5) is 11.4 Å². The molecule has 0 unspecified atom stereocenters. The third-order valence-electron chi connectivity index (χ3n) is 4.83. The van der Waals surface area contributed by atoms with E-state index in [4.69, 9.17) is 26.1 Å². The number of hydrogen-bond donors (Lipinski definition) is 2. The summed E-state index contributed by atoms with van der Waals surface area (Å²) in [5.41, 5.74) is 2.29. The second-order valence-corrected chi connectivity index (χ2v) is 7.39. The Labute approximate surface area is 198 Å². The van der Waals surface area contributed by atoms with Gasteiger partial charge in [0.05, 0.1) is 19.1 Å². The number of benzene rings is 3. The molecule has 2 N–H and O–H groups in total. The van der Waals surface area contributed by atoms with Crippen LogP contribution in [0.5, 0.6) is 11.5 Å². The van der Waals surface area contributed by atoms with Crippen molar-refractivity contribution >= 4 is 45.7 Å². The summed E-state index contributed by atoms with van der Waals surface area (Å²) in [6.45, 7) is 0. The van der Waals surface area contributed by atoms with E-state index in [1.165, 1.54) is 19.2 Å². The van der Waals surface area contributed by atoms with E-state index in [9.17, 15) is 14.9 Å². The van der Waals surface area contributed by atoms with Crippen molar-refractivity contribution in [1.82, 2.24) is 10.3 Å². The molecule has 0 fully saturated rings. The number of amides is 1. The number of ether oxygens (including phenoxy) is 2. The van der Waals surface area contributed by atoms with E-state index < -0.39 is 10.8 Å². The molecule has 11 heteroatoms. The molecule has 0 saturated heterocycles. The molecule has 172 valence electrons. The molecule has 0 aliphatic heterocycles. The summed E-state index contributed by atoms with van der Waals surface area (Å²) in [5.74, 6) is 0.530. The molecule has 4 aromatic rings. The molecule has 0 aliphatic rings. The van der Waals surface area contributed by atoms with E-state index in [1.807, 2.05) is 6.07 Å². The number of carbonyl (C=O) groups excluding carboxylic acids is 1. The number of thiocarbonyl (C=S) groups is 1. The number of methoxy groups -OCH3 is 2. The predicted octanol–water partition coefficient (Wildman–Crippen LogP) is 4.55. The molecule has 4 rings (SSSR count). The SMILES string of the molecule is COc1ccc2oc(-c3cccc(NC(=S)NC(=O)c4ccc(OC)c([N+](=O)[O-])c4)c3)nc2c1. The number of carbonyl (C=O) groups is 1. The number of hydrogen-bond acceptors (Lipinski definition) is 8. The van der Waals surface area contributed by atoms with Crippen molar-refractivity contribution in [3.63, 3.8) is 0 Å². The highest BCUT2D eigenvalue weighted by Crippen LogP contribution is 2.29. The van der Waals surface area contributed by atoms with Crippen LogP contribution >= 0.6 is 12.2 Å². The molecule has 1 aromatic heterocycles. The first kappa shape index (κ1) is 22.7. The monoisotopic (exact) mass is 478 g/mol. The smallest absolute Gasteiger partial charge is 0.311 e. The summed E-state index contributed by atoms with van der Waals surface area (Å²) in [4.78, 5) is 27.6. The maximum Gasteiger partial charge on any atom is 0.311 e. The normalized spacial score (nSPS) is 10.5. The van der Waals surface area contributed by atoms with Crippen molar-refractivity contribution in [2.24, 2.45) is 0 Å². The molecular formula is C23H18N4O6S. The van der Waals surface area contributed by atoms with E-state index in [-0.39, 0.29) is 22.1 Å². The second-order valence-electron chi connectivity index (χ2n) is 6.99. The van der Waals surface area contributed by atoms with Crippen molar-refractivity contribution in [2.45, 2.75) is 0 Å². The van der Waals surface area contributed by atoms with Crippen LogP contribution in [0.2, 0.25) is 0 Å². The van der Waals surface area contributed by atoms with Crippen molar-refractivity contribution in [2.75, 3.05) is 19.5 Å². The minimum absolute atomic E-state index is 0.0166. The van der Waals surface area contributed by atoms with Gasteiger partial charge >= 0.3 is 5.69 Å². The van der Waals surface area contributed by atoms with Crippen LogP contribution in [0.3, 0.4) is 0 Å². The fourth-order valence-electron chi connectivity index (χ4n) is 3.20. The highest BCUT2D eigenvalue weighted by Gasteiger charge is 2.19. The molecule has 0 radical (unpaired) electrons. The number of nitrogens with one attached hydrogen (secondary N) is 2.